The number of nitro benzene ring substituents is 1. The quantitative estimate of drug-likeness (QED) is 0.513. The van der Waals surface area contributed by atoms with Crippen LogP contribution in [-0.4, -0.2) is 22.8 Å². The Morgan fingerprint density at radius 1 is 1.58 bits per heavy atom. The first-order valence-electron chi connectivity index (χ1n) is 6.16. The minimum absolute atomic E-state index is 0.0528. The summed E-state index contributed by atoms with van der Waals surface area (Å²) in [5.74, 6) is 0.181. The average Bonchev–Trinajstić information content (AvgIpc) is 3.20. The molecule has 0 spiro atoms. The molecule has 1 saturated carbocycles. The lowest BCUT2D eigenvalue weighted by atomic mass is 10.1. The highest BCUT2D eigenvalue weighted by Gasteiger charge is 2.29. The highest BCUT2D eigenvalue weighted by atomic mass is 35.5. The van der Waals surface area contributed by atoms with Crippen molar-refractivity contribution in [3.63, 3.8) is 0 Å². The molecule has 1 aliphatic carbocycles. The van der Waals surface area contributed by atoms with Crippen molar-refractivity contribution in [3.8, 4) is 0 Å². The van der Waals surface area contributed by atoms with Gasteiger partial charge in [-0.1, -0.05) is 6.07 Å². The molecular formula is C13H15ClN2O3. The van der Waals surface area contributed by atoms with E-state index in [2.05, 4.69) is 5.32 Å². The van der Waals surface area contributed by atoms with Crippen molar-refractivity contribution >= 4 is 23.2 Å². The fourth-order valence-corrected chi connectivity index (χ4v) is 2.21. The molecule has 1 aliphatic rings. The molecule has 1 unspecified atom stereocenters. The number of nitrogens with one attached hydrogen (secondary N) is 1. The molecule has 0 aliphatic heterocycles. The number of carbonyl (C=O) groups is 1. The van der Waals surface area contributed by atoms with E-state index in [0.717, 1.165) is 12.8 Å². The van der Waals surface area contributed by atoms with Crippen molar-refractivity contribution < 1.29 is 9.72 Å². The normalized spacial score (nSPS) is 15.9. The minimum atomic E-state index is -0.509. The predicted molar refractivity (Wildman–Crippen MR) is 72.5 cm³/mol. The number of nitro groups is 1. The number of amides is 1. The van der Waals surface area contributed by atoms with Crippen LogP contribution < -0.4 is 5.32 Å². The second kappa shape index (κ2) is 5.57. The summed E-state index contributed by atoms with van der Waals surface area (Å²) in [7, 11) is 0. The molecule has 2 rings (SSSR count). The number of benzene rings is 1. The second-order valence-electron chi connectivity index (χ2n) is 4.82. The third-order valence-corrected chi connectivity index (χ3v) is 3.78. The Hall–Kier alpha value is -1.62. The van der Waals surface area contributed by atoms with Gasteiger partial charge in [0.15, 0.2) is 0 Å². The highest BCUT2D eigenvalue weighted by molar-refractivity contribution is 6.21. The van der Waals surface area contributed by atoms with Crippen molar-refractivity contribution in [2.24, 2.45) is 5.92 Å². The third kappa shape index (κ3) is 3.44. The van der Waals surface area contributed by atoms with Gasteiger partial charge in [0.25, 0.3) is 11.6 Å². The fourth-order valence-electron chi connectivity index (χ4n) is 1.88. The fraction of sp³-hybridized carbons (Fsp3) is 0.462. The minimum Gasteiger partial charge on any atom is -0.351 e. The molecule has 1 aromatic rings. The van der Waals surface area contributed by atoms with Gasteiger partial charge in [-0.05, 0) is 31.2 Å². The molecule has 1 amide bonds. The molecule has 19 heavy (non-hydrogen) atoms. The molecule has 0 heterocycles. The van der Waals surface area contributed by atoms with E-state index >= 15 is 0 Å². The zero-order valence-electron chi connectivity index (χ0n) is 10.6. The van der Waals surface area contributed by atoms with E-state index < -0.39 is 4.92 Å². The summed E-state index contributed by atoms with van der Waals surface area (Å²) < 4.78 is 0. The van der Waals surface area contributed by atoms with Gasteiger partial charge in [0.1, 0.15) is 0 Å². The van der Waals surface area contributed by atoms with E-state index in [1.165, 1.54) is 12.1 Å². The van der Waals surface area contributed by atoms with Crippen LogP contribution in [-0.2, 0) is 0 Å². The zero-order valence-corrected chi connectivity index (χ0v) is 11.3. The van der Waals surface area contributed by atoms with E-state index in [9.17, 15) is 14.9 Å². The third-order valence-electron chi connectivity index (χ3n) is 3.27. The van der Waals surface area contributed by atoms with Gasteiger partial charge in [0.2, 0.25) is 0 Å². The number of nitrogens with zero attached hydrogens (tertiary/aromatic N) is 1. The highest BCUT2D eigenvalue weighted by Crippen LogP contribution is 2.35. The maximum absolute atomic E-state index is 12.0. The average molecular weight is 283 g/mol. The van der Waals surface area contributed by atoms with Crippen LogP contribution in [0, 0.1) is 23.0 Å². The van der Waals surface area contributed by atoms with E-state index in [0.29, 0.717) is 23.6 Å². The Morgan fingerprint density at radius 2 is 2.26 bits per heavy atom. The summed E-state index contributed by atoms with van der Waals surface area (Å²) >= 11 is 6.11. The number of halogens is 1. The van der Waals surface area contributed by atoms with Crippen LogP contribution in [0.1, 0.15) is 28.8 Å². The van der Waals surface area contributed by atoms with Gasteiger partial charge in [-0.15, -0.1) is 11.6 Å². The summed E-state index contributed by atoms with van der Waals surface area (Å²) in [6, 6.07) is 4.26. The number of hydrogen-bond acceptors (Lipinski definition) is 3. The first-order valence-corrected chi connectivity index (χ1v) is 6.60. The largest absolute Gasteiger partial charge is 0.351 e. The van der Waals surface area contributed by atoms with Crippen molar-refractivity contribution in [2.45, 2.75) is 25.1 Å². The number of non-ortho nitro benzene ring substituents is 1. The number of rotatable bonds is 5. The molecule has 1 fully saturated rings. The molecule has 1 aromatic carbocycles. The van der Waals surface area contributed by atoms with Gasteiger partial charge in [0.05, 0.1) is 10.3 Å². The van der Waals surface area contributed by atoms with Crippen molar-refractivity contribution in [1.82, 2.24) is 5.32 Å². The summed E-state index contributed by atoms with van der Waals surface area (Å²) in [6.07, 6.45) is 2.22. The molecule has 0 bridgehead atoms. The van der Waals surface area contributed by atoms with Gasteiger partial charge in [-0.25, -0.2) is 0 Å². The Labute approximate surface area is 116 Å². The standard InChI is InChI=1S/C13H15ClN2O3/c1-8-2-5-10(16(18)19)6-11(8)13(17)15-7-12(14)9-3-4-9/h2,5-6,9,12H,3-4,7H2,1H3,(H,15,17). The van der Waals surface area contributed by atoms with E-state index in [1.807, 2.05) is 0 Å². The molecular weight excluding hydrogens is 268 g/mol. The Balaban J connectivity index is 2.04. The van der Waals surface area contributed by atoms with Gasteiger partial charge in [-0.3, -0.25) is 14.9 Å². The molecule has 0 radical (unpaired) electrons. The topological polar surface area (TPSA) is 72.2 Å². The first kappa shape index (κ1) is 13.8. The lowest BCUT2D eigenvalue weighted by molar-refractivity contribution is -0.384. The van der Waals surface area contributed by atoms with Crippen LogP contribution in [0.25, 0.3) is 0 Å². The molecule has 0 aromatic heterocycles. The van der Waals surface area contributed by atoms with Crippen molar-refractivity contribution in [1.29, 1.82) is 0 Å². The Morgan fingerprint density at radius 3 is 2.84 bits per heavy atom. The van der Waals surface area contributed by atoms with Crippen molar-refractivity contribution in [2.75, 3.05) is 6.54 Å². The SMILES string of the molecule is Cc1ccc([N+](=O)[O-])cc1C(=O)NCC(Cl)C1CC1. The molecule has 102 valence electrons. The maximum atomic E-state index is 12.0. The Bertz CT molecular complexity index is 515. The molecule has 6 heteroatoms. The molecule has 1 atom stereocenters. The van der Waals surface area contributed by atoms with Crippen LogP contribution in [0.15, 0.2) is 18.2 Å². The van der Waals surface area contributed by atoms with Crippen LogP contribution in [0.5, 0.6) is 0 Å². The summed E-state index contributed by atoms with van der Waals surface area (Å²) in [6.45, 7) is 2.14. The summed E-state index contributed by atoms with van der Waals surface area (Å²) in [5, 5.41) is 13.4. The van der Waals surface area contributed by atoms with Crippen LogP contribution in [0.4, 0.5) is 5.69 Å². The lowest BCUT2D eigenvalue weighted by Crippen LogP contribution is -2.31. The van der Waals surface area contributed by atoms with E-state index in [1.54, 1.807) is 13.0 Å². The number of alkyl halides is 1. The van der Waals surface area contributed by atoms with Crippen LogP contribution in [0.3, 0.4) is 0 Å². The van der Waals surface area contributed by atoms with Crippen LogP contribution in [0.2, 0.25) is 0 Å². The number of aryl methyl sites for hydroxylation is 1. The summed E-state index contributed by atoms with van der Waals surface area (Å²) in [4.78, 5) is 22.2. The monoisotopic (exact) mass is 282 g/mol. The maximum Gasteiger partial charge on any atom is 0.270 e. The van der Waals surface area contributed by atoms with Gasteiger partial charge >= 0.3 is 0 Å². The summed E-state index contributed by atoms with van der Waals surface area (Å²) in [5.41, 5.74) is 0.954. The van der Waals surface area contributed by atoms with E-state index in [-0.39, 0.29) is 17.0 Å². The van der Waals surface area contributed by atoms with Gasteiger partial charge in [-0.2, -0.15) is 0 Å². The first-order chi connectivity index (χ1) is 8.99. The second-order valence-corrected chi connectivity index (χ2v) is 5.38. The lowest BCUT2D eigenvalue weighted by Gasteiger charge is -2.11. The van der Waals surface area contributed by atoms with Crippen molar-refractivity contribution in [3.05, 3.63) is 39.4 Å². The number of carbonyl (C=O) groups excluding carboxylic acids is 1. The Kier molecular flexibility index (Phi) is 4.04. The molecule has 0 saturated heterocycles. The van der Waals surface area contributed by atoms with Gasteiger partial charge < -0.3 is 5.32 Å². The predicted octanol–water partition coefficient (Wildman–Crippen LogP) is 2.65. The zero-order chi connectivity index (χ0) is 14.0. The molecule has 1 N–H and O–H groups in total. The smallest absolute Gasteiger partial charge is 0.270 e. The van der Waals surface area contributed by atoms with Gasteiger partial charge in [0, 0.05) is 24.2 Å². The van der Waals surface area contributed by atoms with E-state index in [4.69, 9.17) is 11.6 Å². The number of hydrogen-bond donors (Lipinski definition) is 1. The molecule has 5 nitrogen and oxygen atoms in total. The van der Waals surface area contributed by atoms with Crippen LogP contribution >= 0.6 is 11.6 Å².